The number of carbonyl (C=O) groups excluding carboxylic acids is 1. The molecular weight excluding hydrogens is 474 g/mol. The molecule has 0 saturated carbocycles. The molecule has 0 unspecified atom stereocenters. The number of hydrogen-bond acceptors (Lipinski definition) is 9. The van der Waals surface area contributed by atoms with Crippen molar-refractivity contribution >= 4 is 38.8 Å². The Kier molecular flexibility index (Phi) is 6.57. The monoisotopic (exact) mass is 499 g/mol. The van der Waals surface area contributed by atoms with Crippen LogP contribution in [0.5, 0.6) is 0 Å². The number of carbonyl (C=O) groups is 1. The van der Waals surface area contributed by atoms with E-state index in [2.05, 4.69) is 10.2 Å². The normalized spacial score (nSPS) is 13.7. The van der Waals surface area contributed by atoms with Crippen LogP contribution in [0.4, 0.5) is 0 Å². The van der Waals surface area contributed by atoms with E-state index in [1.54, 1.807) is 16.6 Å². The van der Waals surface area contributed by atoms with Gasteiger partial charge in [-0.2, -0.15) is 0 Å². The number of methoxy groups -OCH3 is 1. The summed E-state index contributed by atoms with van der Waals surface area (Å²) in [5.41, 5.74) is 0.630. The molecule has 11 heteroatoms. The molecule has 0 atom stereocenters. The Balaban J connectivity index is 1.47. The van der Waals surface area contributed by atoms with Crippen LogP contribution in [0.15, 0.2) is 26.7 Å². The summed E-state index contributed by atoms with van der Waals surface area (Å²) in [5.74, 6) is 1.39. The summed E-state index contributed by atoms with van der Waals surface area (Å²) in [6.07, 6.45) is 3.88. The van der Waals surface area contributed by atoms with E-state index in [4.69, 9.17) is 14.1 Å². The molecule has 0 aliphatic carbocycles. The van der Waals surface area contributed by atoms with Gasteiger partial charge in [-0.05, 0) is 36.8 Å². The average Bonchev–Trinajstić information content (AvgIpc) is 3.54. The number of ether oxygens (including phenoxy) is 1. The van der Waals surface area contributed by atoms with Gasteiger partial charge in [0.05, 0.1) is 28.3 Å². The van der Waals surface area contributed by atoms with Gasteiger partial charge in [-0.25, -0.2) is 4.98 Å². The van der Waals surface area contributed by atoms with Gasteiger partial charge >= 0.3 is 0 Å². The fourth-order valence-electron chi connectivity index (χ4n) is 4.19. The predicted octanol–water partition coefficient (Wildman–Crippen LogP) is 3.89. The molecule has 178 valence electrons. The largest absolute Gasteiger partial charge is 0.418 e. The van der Waals surface area contributed by atoms with Gasteiger partial charge in [0.15, 0.2) is 0 Å². The third-order valence-corrected chi connectivity index (χ3v) is 8.01. The number of amides is 1. The zero-order valence-corrected chi connectivity index (χ0v) is 20.7. The molecule has 0 fully saturated rings. The Morgan fingerprint density at radius 2 is 2.18 bits per heavy atom. The van der Waals surface area contributed by atoms with E-state index >= 15 is 0 Å². The molecule has 4 aromatic rings. The first-order valence-electron chi connectivity index (χ1n) is 11.2. The minimum atomic E-state index is -0.201. The van der Waals surface area contributed by atoms with E-state index in [0.29, 0.717) is 52.1 Å². The van der Waals surface area contributed by atoms with Crippen molar-refractivity contribution < 1.29 is 13.9 Å². The predicted molar refractivity (Wildman–Crippen MR) is 130 cm³/mol. The second kappa shape index (κ2) is 9.77. The average molecular weight is 500 g/mol. The van der Waals surface area contributed by atoms with Crippen LogP contribution >= 0.6 is 22.7 Å². The quantitative estimate of drug-likeness (QED) is 0.380. The fourth-order valence-corrected chi connectivity index (χ4v) is 5.99. The molecule has 5 rings (SSSR count). The summed E-state index contributed by atoms with van der Waals surface area (Å²) in [6.45, 7) is 3.37. The molecule has 0 spiro atoms. The number of fused-ring (bicyclic) bond motifs is 2. The van der Waals surface area contributed by atoms with E-state index < -0.39 is 0 Å². The Hall–Kier alpha value is -2.89. The highest BCUT2D eigenvalue weighted by Crippen LogP contribution is 2.30. The van der Waals surface area contributed by atoms with Crippen LogP contribution in [0, 0.1) is 6.92 Å². The van der Waals surface area contributed by atoms with Gasteiger partial charge in [0.1, 0.15) is 10.7 Å². The van der Waals surface area contributed by atoms with Crippen LogP contribution in [-0.4, -0.2) is 50.8 Å². The van der Waals surface area contributed by atoms with Gasteiger partial charge in [-0.3, -0.25) is 14.2 Å². The van der Waals surface area contributed by atoms with Crippen molar-refractivity contribution in [3.63, 3.8) is 0 Å². The van der Waals surface area contributed by atoms with Gasteiger partial charge in [0.2, 0.25) is 5.89 Å². The SMILES string of the molecule is COCCN(Cc1nnc(-c2cccs2)o1)C(=O)c1sc2nc3n(c(=O)c2c1C)CCCCC3. The molecule has 9 nitrogen and oxygen atoms in total. The Morgan fingerprint density at radius 1 is 1.29 bits per heavy atom. The molecule has 1 amide bonds. The summed E-state index contributed by atoms with van der Waals surface area (Å²) >= 11 is 2.79. The lowest BCUT2D eigenvalue weighted by atomic mass is 10.2. The molecule has 0 saturated heterocycles. The second-order valence-corrected chi connectivity index (χ2v) is 10.2. The van der Waals surface area contributed by atoms with Crippen molar-refractivity contribution in [3.05, 3.63) is 50.0 Å². The molecular formula is C23H25N5O4S2. The highest BCUT2D eigenvalue weighted by atomic mass is 32.1. The third kappa shape index (κ3) is 4.30. The van der Waals surface area contributed by atoms with Crippen molar-refractivity contribution in [2.45, 2.75) is 45.7 Å². The lowest BCUT2D eigenvalue weighted by Gasteiger charge is -2.20. The second-order valence-electron chi connectivity index (χ2n) is 8.23. The summed E-state index contributed by atoms with van der Waals surface area (Å²) in [4.78, 5) is 35.3. The van der Waals surface area contributed by atoms with Gasteiger partial charge in [-0.1, -0.05) is 12.5 Å². The van der Waals surface area contributed by atoms with Crippen LogP contribution < -0.4 is 5.56 Å². The van der Waals surface area contributed by atoms with Crippen LogP contribution in [0.1, 0.15) is 46.2 Å². The lowest BCUT2D eigenvalue weighted by molar-refractivity contribution is 0.0667. The fraction of sp³-hybridized carbons (Fsp3) is 0.435. The summed E-state index contributed by atoms with van der Waals surface area (Å²) in [6, 6.07) is 3.82. The maximum Gasteiger partial charge on any atom is 0.264 e. The van der Waals surface area contributed by atoms with Gasteiger partial charge in [0, 0.05) is 26.6 Å². The van der Waals surface area contributed by atoms with Crippen LogP contribution in [0.3, 0.4) is 0 Å². The molecule has 0 N–H and O–H groups in total. The van der Waals surface area contributed by atoms with E-state index in [9.17, 15) is 9.59 Å². The molecule has 4 aromatic heterocycles. The minimum absolute atomic E-state index is 0.0457. The molecule has 1 aliphatic heterocycles. The molecule has 5 heterocycles. The number of nitrogens with zero attached hydrogens (tertiary/aromatic N) is 5. The molecule has 1 aliphatic rings. The Morgan fingerprint density at radius 3 is 2.97 bits per heavy atom. The summed E-state index contributed by atoms with van der Waals surface area (Å²) in [5, 5.41) is 10.7. The standard InChI is InChI=1S/C23H25N5O4S2/c1-14-18-21(24-16-8-4-3-5-9-28(16)22(18)29)34-19(14)23(30)27(10-11-31-2)13-17-25-26-20(32-17)15-7-6-12-33-15/h6-7,12H,3-5,8-11,13H2,1-2H3. The number of aromatic nitrogens is 4. The first-order valence-corrected chi connectivity index (χ1v) is 12.9. The van der Waals surface area contributed by atoms with Crippen LogP contribution in [0.25, 0.3) is 21.0 Å². The van der Waals surface area contributed by atoms with E-state index in [-0.39, 0.29) is 18.0 Å². The Labute approximate surface area is 204 Å². The molecule has 0 bridgehead atoms. The first kappa shape index (κ1) is 22.9. The zero-order chi connectivity index (χ0) is 23.7. The number of rotatable bonds is 7. The summed E-state index contributed by atoms with van der Waals surface area (Å²) < 4.78 is 12.8. The topological polar surface area (TPSA) is 103 Å². The number of hydrogen-bond donors (Lipinski definition) is 0. The van der Waals surface area contributed by atoms with Crippen molar-refractivity contribution in [1.82, 2.24) is 24.6 Å². The number of aryl methyl sites for hydroxylation is 2. The Bertz CT molecular complexity index is 1370. The maximum atomic E-state index is 13.6. The smallest absolute Gasteiger partial charge is 0.264 e. The van der Waals surface area contributed by atoms with Crippen molar-refractivity contribution in [2.24, 2.45) is 0 Å². The lowest BCUT2D eigenvalue weighted by Crippen LogP contribution is -2.33. The molecule has 0 aromatic carbocycles. The third-order valence-electron chi connectivity index (χ3n) is 5.98. The first-order chi connectivity index (χ1) is 16.6. The molecule has 0 radical (unpaired) electrons. The van der Waals surface area contributed by atoms with Crippen molar-refractivity contribution in [2.75, 3.05) is 20.3 Å². The van der Waals surface area contributed by atoms with E-state index in [1.807, 2.05) is 24.4 Å². The number of thiophene rings is 2. The summed E-state index contributed by atoms with van der Waals surface area (Å²) in [7, 11) is 1.59. The van der Waals surface area contributed by atoms with Crippen molar-refractivity contribution in [3.8, 4) is 10.8 Å². The van der Waals surface area contributed by atoms with E-state index in [0.717, 1.165) is 36.4 Å². The van der Waals surface area contributed by atoms with Crippen molar-refractivity contribution in [1.29, 1.82) is 0 Å². The van der Waals surface area contributed by atoms with E-state index in [1.165, 1.54) is 22.7 Å². The maximum absolute atomic E-state index is 13.6. The van der Waals surface area contributed by atoms with Gasteiger partial charge in [0.25, 0.3) is 17.4 Å². The zero-order valence-electron chi connectivity index (χ0n) is 19.1. The minimum Gasteiger partial charge on any atom is -0.418 e. The van der Waals surface area contributed by atoms with Gasteiger partial charge < -0.3 is 14.1 Å². The highest BCUT2D eigenvalue weighted by molar-refractivity contribution is 7.20. The van der Waals surface area contributed by atoms with Crippen LogP contribution in [-0.2, 0) is 24.2 Å². The van der Waals surface area contributed by atoms with Gasteiger partial charge in [-0.15, -0.1) is 32.9 Å². The molecule has 34 heavy (non-hydrogen) atoms. The highest BCUT2D eigenvalue weighted by Gasteiger charge is 2.26. The van der Waals surface area contributed by atoms with Crippen LogP contribution in [0.2, 0.25) is 0 Å².